The van der Waals surface area contributed by atoms with Crippen LogP contribution in [-0.2, 0) is 11.2 Å². The molecule has 0 aliphatic rings. The number of nitrogens with zero attached hydrogens (tertiary/aromatic N) is 3. The molecule has 0 bridgehead atoms. The van der Waals surface area contributed by atoms with Gasteiger partial charge in [-0.05, 0) is 24.5 Å². The van der Waals surface area contributed by atoms with Gasteiger partial charge in [0, 0.05) is 30.7 Å². The minimum atomic E-state index is -0.364. The number of imidazole rings is 1. The number of hydrogen-bond donors (Lipinski definition) is 3. The van der Waals surface area contributed by atoms with E-state index in [1.165, 1.54) is 6.33 Å². The van der Waals surface area contributed by atoms with E-state index in [-0.39, 0.29) is 17.9 Å². The Labute approximate surface area is 152 Å². The maximum Gasteiger partial charge on any atom is 0.242 e. The topological polar surface area (TPSA) is 95.6 Å². The zero-order valence-electron chi connectivity index (χ0n) is 15.1. The van der Waals surface area contributed by atoms with Crippen LogP contribution in [0.2, 0.25) is 0 Å². The molecule has 0 fully saturated rings. The van der Waals surface area contributed by atoms with Crippen molar-refractivity contribution in [3.05, 3.63) is 48.8 Å². The summed E-state index contributed by atoms with van der Waals surface area (Å²) in [7, 11) is 0. The van der Waals surface area contributed by atoms with Crippen molar-refractivity contribution >= 4 is 22.6 Å². The number of para-hydroxylation sites is 1. The van der Waals surface area contributed by atoms with Gasteiger partial charge in [0.05, 0.1) is 5.52 Å². The van der Waals surface area contributed by atoms with Gasteiger partial charge in [-0.3, -0.25) is 4.79 Å². The number of anilines is 1. The van der Waals surface area contributed by atoms with E-state index in [2.05, 4.69) is 30.6 Å². The molecule has 26 heavy (non-hydrogen) atoms. The molecule has 136 valence electrons. The highest BCUT2D eigenvalue weighted by Gasteiger charge is 2.23. The van der Waals surface area contributed by atoms with E-state index in [0.717, 1.165) is 29.6 Å². The molecule has 1 amide bonds. The smallest absolute Gasteiger partial charge is 0.242 e. The molecule has 0 saturated heterocycles. The highest BCUT2D eigenvalue weighted by molar-refractivity contribution is 5.92. The van der Waals surface area contributed by atoms with Crippen molar-refractivity contribution in [1.29, 1.82) is 0 Å². The normalized spacial score (nSPS) is 12.3. The fourth-order valence-electron chi connectivity index (χ4n) is 2.81. The van der Waals surface area contributed by atoms with E-state index in [1.807, 2.05) is 38.1 Å². The predicted molar refractivity (Wildman–Crippen MR) is 102 cm³/mol. The molecule has 1 unspecified atom stereocenters. The van der Waals surface area contributed by atoms with Gasteiger partial charge in [-0.1, -0.05) is 26.0 Å². The van der Waals surface area contributed by atoms with E-state index in [4.69, 9.17) is 0 Å². The number of benzene rings is 1. The van der Waals surface area contributed by atoms with Crippen LogP contribution in [0.25, 0.3) is 10.9 Å². The Balaban J connectivity index is 1.61. The van der Waals surface area contributed by atoms with E-state index in [1.54, 1.807) is 12.4 Å². The first-order valence-corrected chi connectivity index (χ1v) is 8.87. The number of fused-ring (bicyclic) bond motifs is 1. The Morgan fingerprint density at radius 1 is 1.19 bits per heavy atom. The second kappa shape index (κ2) is 8.42. The highest BCUT2D eigenvalue weighted by atomic mass is 16.2. The molecule has 3 N–H and O–H groups in total. The van der Waals surface area contributed by atoms with Gasteiger partial charge in [0.2, 0.25) is 5.91 Å². The maximum absolute atomic E-state index is 12.6. The van der Waals surface area contributed by atoms with Crippen molar-refractivity contribution < 1.29 is 4.79 Å². The Morgan fingerprint density at radius 3 is 2.81 bits per heavy atom. The fraction of sp³-hybridized carbons (Fsp3) is 0.368. The summed E-state index contributed by atoms with van der Waals surface area (Å²) < 4.78 is 0. The van der Waals surface area contributed by atoms with Crippen LogP contribution in [0.4, 0.5) is 5.82 Å². The van der Waals surface area contributed by atoms with Crippen LogP contribution in [0.1, 0.15) is 26.1 Å². The summed E-state index contributed by atoms with van der Waals surface area (Å²) in [5, 5.41) is 7.21. The van der Waals surface area contributed by atoms with Gasteiger partial charge in [-0.25, -0.2) is 15.0 Å². The van der Waals surface area contributed by atoms with E-state index >= 15 is 0 Å². The number of nitrogens with one attached hydrogen (secondary N) is 3. The number of aromatic amines is 1. The number of aryl methyl sites for hydroxylation is 1. The molecule has 1 atom stereocenters. The number of amides is 1. The van der Waals surface area contributed by atoms with Gasteiger partial charge in [-0.2, -0.15) is 0 Å². The zero-order valence-corrected chi connectivity index (χ0v) is 15.1. The Bertz CT molecular complexity index is 841. The van der Waals surface area contributed by atoms with Crippen molar-refractivity contribution in [3.8, 4) is 0 Å². The molecular formula is C19H24N6O. The lowest BCUT2D eigenvalue weighted by Gasteiger charge is -2.22. The highest BCUT2D eigenvalue weighted by Crippen LogP contribution is 2.20. The summed E-state index contributed by atoms with van der Waals surface area (Å²) in [5.74, 6) is 1.71. The molecule has 0 spiro atoms. The summed E-state index contributed by atoms with van der Waals surface area (Å²) in [6.07, 6.45) is 6.70. The van der Waals surface area contributed by atoms with Crippen molar-refractivity contribution in [2.24, 2.45) is 5.92 Å². The quantitative estimate of drug-likeness (QED) is 0.542. The van der Waals surface area contributed by atoms with Crippen LogP contribution in [0, 0.1) is 5.92 Å². The third kappa shape index (κ3) is 4.36. The van der Waals surface area contributed by atoms with Gasteiger partial charge in [-0.15, -0.1) is 0 Å². The van der Waals surface area contributed by atoms with Crippen LogP contribution in [0.15, 0.2) is 43.0 Å². The van der Waals surface area contributed by atoms with Gasteiger partial charge in [0.25, 0.3) is 0 Å². The molecule has 7 heteroatoms. The van der Waals surface area contributed by atoms with Gasteiger partial charge < -0.3 is 15.6 Å². The van der Waals surface area contributed by atoms with E-state index in [0.29, 0.717) is 12.4 Å². The summed E-state index contributed by atoms with van der Waals surface area (Å²) in [4.78, 5) is 28.5. The van der Waals surface area contributed by atoms with E-state index < -0.39 is 0 Å². The minimum Gasteiger partial charge on any atom is -0.358 e. The van der Waals surface area contributed by atoms with Crippen molar-refractivity contribution in [1.82, 2.24) is 25.3 Å². The third-order valence-electron chi connectivity index (χ3n) is 4.23. The molecule has 0 radical (unpaired) electrons. The lowest BCUT2D eigenvalue weighted by molar-refractivity contribution is -0.122. The van der Waals surface area contributed by atoms with Crippen molar-refractivity contribution in [2.75, 3.05) is 11.9 Å². The second-order valence-corrected chi connectivity index (χ2v) is 6.54. The molecule has 1 aromatic carbocycles. The van der Waals surface area contributed by atoms with Crippen LogP contribution >= 0.6 is 0 Å². The second-order valence-electron chi connectivity index (χ2n) is 6.54. The Morgan fingerprint density at radius 2 is 2.04 bits per heavy atom. The molecule has 3 aromatic rings. The van der Waals surface area contributed by atoms with E-state index in [9.17, 15) is 4.79 Å². The first-order chi connectivity index (χ1) is 12.6. The minimum absolute atomic E-state index is 0.0258. The average molecular weight is 352 g/mol. The number of rotatable bonds is 8. The van der Waals surface area contributed by atoms with Crippen molar-refractivity contribution in [3.63, 3.8) is 0 Å². The molecule has 3 rings (SSSR count). The standard InChI is InChI=1S/C19H24N6O/c1-13(2)17(19(26)22-9-5-8-16-20-10-11-21-16)25-18-14-6-3-4-7-15(14)23-12-24-18/h3-4,6-7,10-13,17H,5,8-9H2,1-2H3,(H,20,21)(H,22,26)(H,23,24,25). The summed E-state index contributed by atoms with van der Waals surface area (Å²) in [6, 6.07) is 7.40. The Hall–Kier alpha value is -2.96. The summed E-state index contributed by atoms with van der Waals surface area (Å²) >= 11 is 0. The molecule has 2 heterocycles. The van der Waals surface area contributed by atoms with Crippen LogP contribution < -0.4 is 10.6 Å². The van der Waals surface area contributed by atoms with Crippen LogP contribution in [-0.4, -0.2) is 38.4 Å². The number of hydrogen-bond acceptors (Lipinski definition) is 5. The molecular weight excluding hydrogens is 328 g/mol. The number of H-pyrrole nitrogens is 1. The fourth-order valence-corrected chi connectivity index (χ4v) is 2.81. The van der Waals surface area contributed by atoms with Gasteiger partial charge in [0.1, 0.15) is 24.0 Å². The molecule has 0 saturated carbocycles. The van der Waals surface area contributed by atoms with Crippen molar-refractivity contribution in [2.45, 2.75) is 32.7 Å². The molecule has 0 aliphatic carbocycles. The molecule has 2 aromatic heterocycles. The lowest BCUT2D eigenvalue weighted by atomic mass is 10.0. The average Bonchev–Trinajstić information content (AvgIpc) is 3.16. The van der Waals surface area contributed by atoms with Crippen LogP contribution in [0.3, 0.4) is 0 Å². The van der Waals surface area contributed by atoms with Gasteiger partial charge >= 0.3 is 0 Å². The SMILES string of the molecule is CC(C)C(Nc1ncnc2ccccc12)C(=O)NCCCc1ncc[nH]1. The summed E-state index contributed by atoms with van der Waals surface area (Å²) in [6.45, 7) is 4.64. The Kier molecular flexibility index (Phi) is 5.78. The number of aromatic nitrogens is 4. The molecule has 7 nitrogen and oxygen atoms in total. The molecule has 0 aliphatic heterocycles. The largest absolute Gasteiger partial charge is 0.358 e. The van der Waals surface area contributed by atoms with Crippen LogP contribution in [0.5, 0.6) is 0 Å². The summed E-state index contributed by atoms with van der Waals surface area (Å²) in [5.41, 5.74) is 0.853. The monoisotopic (exact) mass is 352 g/mol. The third-order valence-corrected chi connectivity index (χ3v) is 4.23. The first kappa shape index (κ1) is 17.8. The maximum atomic E-state index is 12.6. The number of carbonyl (C=O) groups is 1. The first-order valence-electron chi connectivity index (χ1n) is 8.87. The number of carbonyl (C=O) groups excluding carboxylic acids is 1. The lowest BCUT2D eigenvalue weighted by Crippen LogP contribution is -2.43. The zero-order chi connectivity index (χ0) is 18.4. The predicted octanol–water partition coefficient (Wildman–Crippen LogP) is 2.54. The van der Waals surface area contributed by atoms with Gasteiger partial charge in [0.15, 0.2) is 0 Å².